The van der Waals surface area contributed by atoms with Gasteiger partial charge in [-0.25, -0.2) is 15.0 Å². The predicted molar refractivity (Wildman–Crippen MR) is 138 cm³/mol. The van der Waals surface area contributed by atoms with Crippen molar-refractivity contribution in [2.24, 2.45) is 11.3 Å². The van der Waals surface area contributed by atoms with Crippen molar-refractivity contribution in [1.82, 2.24) is 34.7 Å². The number of rotatable bonds is 5. The van der Waals surface area contributed by atoms with Crippen LogP contribution in [0.2, 0.25) is 0 Å². The zero-order valence-electron chi connectivity index (χ0n) is 21.7. The van der Waals surface area contributed by atoms with E-state index in [0.29, 0.717) is 54.4 Å². The van der Waals surface area contributed by atoms with Gasteiger partial charge in [-0.1, -0.05) is 33.6 Å². The van der Waals surface area contributed by atoms with Crippen molar-refractivity contribution in [3.05, 3.63) is 30.5 Å². The van der Waals surface area contributed by atoms with Crippen molar-refractivity contribution in [2.45, 2.75) is 71.4 Å². The average molecular weight is 503 g/mol. The molecule has 10 nitrogen and oxygen atoms in total. The van der Waals surface area contributed by atoms with Gasteiger partial charge in [0.05, 0.1) is 24.2 Å². The van der Waals surface area contributed by atoms with Gasteiger partial charge in [-0.2, -0.15) is 5.26 Å². The van der Waals surface area contributed by atoms with Crippen molar-refractivity contribution < 1.29 is 9.59 Å². The van der Waals surface area contributed by atoms with Crippen molar-refractivity contribution >= 4 is 23.0 Å². The number of aromatic amines is 1. The number of nitrogens with one attached hydrogen (secondary N) is 2. The summed E-state index contributed by atoms with van der Waals surface area (Å²) < 4.78 is 2.15. The second-order valence-electron chi connectivity index (χ2n) is 11.3. The van der Waals surface area contributed by atoms with Gasteiger partial charge < -0.3 is 19.8 Å². The van der Waals surface area contributed by atoms with Gasteiger partial charge in [0.1, 0.15) is 22.9 Å². The lowest BCUT2D eigenvalue weighted by molar-refractivity contribution is -0.137. The first-order chi connectivity index (χ1) is 17.7. The number of fused-ring (bicyclic) bond motifs is 1. The van der Waals surface area contributed by atoms with Gasteiger partial charge in [-0.15, -0.1) is 0 Å². The monoisotopic (exact) mass is 502 g/mol. The summed E-state index contributed by atoms with van der Waals surface area (Å²) in [5, 5.41) is 12.2. The van der Waals surface area contributed by atoms with Crippen molar-refractivity contribution in [1.29, 1.82) is 5.26 Å². The van der Waals surface area contributed by atoms with Gasteiger partial charge in [-0.05, 0) is 31.1 Å². The number of carbonyl (C=O) groups is 2. The lowest BCUT2D eigenvalue weighted by Crippen LogP contribution is -2.56. The Morgan fingerprint density at radius 1 is 1.14 bits per heavy atom. The number of hydrogen-bond acceptors (Lipinski definition) is 6. The molecule has 1 saturated carbocycles. The van der Waals surface area contributed by atoms with E-state index in [2.05, 4.69) is 30.9 Å². The van der Waals surface area contributed by atoms with E-state index in [0.717, 1.165) is 18.5 Å². The fourth-order valence-electron chi connectivity index (χ4n) is 5.33. The molecule has 1 aliphatic heterocycles. The highest BCUT2D eigenvalue weighted by atomic mass is 16.2. The highest BCUT2D eigenvalue weighted by molar-refractivity contribution is 6.06. The molecule has 1 saturated heterocycles. The number of piperidine rings is 1. The van der Waals surface area contributed by atoms with Crippen LogP contribution in [0.1, 0.15) is 75.7 Å². The van der Waals surface area contributed by atoms with E-state index in [1.165, 1.54) is 12.8 Å². The minimum atomic E-state index is -0.721. The van der Waals surface area contributed by atoms with Crippen LogP contribution in [0, 0.1) is 22.7 Å². The maximum atomic E-state index is 13.5. The van der Waals surface area contributed by atoms with Gasteiger partial charge in [-0.3, -0.25) is 9.59 Å². The SMILES string of the molecule is CC(C)(C)[C@@H](NC(=O)c1c[nH]c2ncc(-c3cn(C4CCCC4)cn3)nc12)C(=O)N1CCC(C#N)CC1. The predicted octanol–water partition coefficient (Wildman–Crippen LogP) is 3.84. The zero-order valence-corrected chi connectivity index (χ0v) is 21.7. The summed E-state index contributed by atoms with van der Waals surface area (Å²) in [5.74, 6) is -0.522. The highest BCUT2D eigenvalue weighted by Gasteiger charge is 2.37. The molecule has 0 radical (unpaired) electrons. The lowest BCUT2D eigenvalue weighted by Gasteiger charge is -2.37. The fraction of sp³-hybridized carbons (Fsp3) is 0.556. The Morgan fingerprint density at radius 2 is 1.86 bits per heavy atom. The Bertz CT molecular complexity index is 1330. The first-order valence-electron chi connectivity index (χ1n) is 13.1. The highest BCUT2D eigenvalue weighted by Crippen LogP contribution is 2.31. The lowest BCUT2D eigenvalue weighted by atomic mass is 9.85. The Labute approximate surface area is 216 Å². The Hall–Kier alpha value is -3.74. The third-order valence-corrected chi connectivity index (χ3v) is 7.61. The third kappa shape index (κ3) is 5.08. The molecule has 5 rings (SSSR count). The molecule has 4 heterocycles. The molecule has 1 aliphatic carbocycles. The van der Waals surface area contributed by atoms with Crippen LogP contribution in [0.3, 0.4) is 0 Å². The molecule has 2 aliphatic rings. The van der Waals surface area contributed by atoms with E-state index >= 15 is 0 Å². The standard InChI is InChI=1S/C27H34N8O2/c1-27(2,3)23(26(37)34-10-8-17(12-28)9-11-34)33-25(36)19-13-29-24-22(19)32-20(14-30-24)21-15-35(16-31-21)18-6-4-5-7-18/h13-18,23H,4-11H2,1-3H3,(H,29,30)(H,33,36)/t23-/m0/s1. The van der Waals surface area contributed by atoms with Crippen LogP contribution < -0.4 is 5.32 Å². The second kappa shape index (κ2) is 9.96. The third-order valence-electron chi connectivity index (χ3n) is 7.61. The smallest absolute Gasteiger partial charge is 0.255 e. The molecule has 194 valence electrons. The molecule has 3 aromatic heterocycles. The van der Waals surface area contributed by atoms with Gasteiger partial charge in [0.25, 0.3) is 5.91 Å². The summed E-state index contributed by atoms with van der Waals surface area (Å²) in [7, 11) is 0. The fourth-order valence-corrected chi connectivity index (χ4v) is 5.33. The van der Waals surface area contributed by atoms with E-state index in [-0.39, 0.29) is 17.7 Å². The van der Waals surface area contributed by atoms with E-state index in [9.17, 15) is 14.9 Å². The first kappa shape index (κ1) is 24.9. The van der Waals surface area contributed by atoms with E-state index in [1.807, 2.05) is 33.3 Å². The molecule has 2 N–H and O–H groups in total. The average Bonchev–Trinajstić information content (AvgIpc) is 3.66. The molecule has 0 bridgehead atoms. The normalized spacial score (nSPS) is 18.2. The molecular formula is C27H34N8O2. The molecule has 10 heteroatoms. The summed E-state index contributed by atoms with van der Waals surface area (Å²) in [5.41, 5.74) is 2.10. The van der Waals surface area contributed by atoms with Crippen LogP contribution in [0.25, 0.3) is 22.6 Å². The Balaban J connectivity index is 1.37. The van der Waals surface area contributed by atoms with Gasteiger partial charge >= 0.3 is 0 Å². The first-order valence-corrected chi connectivity index (χ1v) is 13.1. The van der Waals surface area contributed by atoms with Crippen molar-refractivity contribution in [3.8, 4) is 17.5 Å². The quantitative estimate of drug-likeness (QED) is 0.545. The summed E-state index contributed by atoms with van der Waals surface area (Å²) >= 11 is 0. The summed E-state index contributed by atoms with van der Waals surface area (Å²) in [6.07, 6.45) is 13.2. The topological polar surface area (TPSA) is 133 Å². The number of aromatic nitrogens is 5. The summed E-state index contributed by atoms with van der Waals surface area (Å²) in [6.45, 7) is 6.85. The molecule has 0 unspecified atom stereocenters. The molecule has 1 atom stereocenters. The van der Waals surface area contributed by atoms with Gasteiger partial charge in [0.2, 0.25) is 5.91 Å². The van der Waals surface area contributed by atoms with E-state index in [1.54, 1.807) is 17.3 Å². The molecule has 0 spiro atoms. The number of nitrogens with zero attached hydrogens (tertiary/aromatic N) is 6. The number of amides is 2. The number of imidazole rings is 1. The van der Waals surface area contributed by atoms with Crippen LogP contribution >= 0.6 is 0 Å². The van der Waals surface area contributed by atoms with Gasteiger partial charge in [0, 0.05) is 37.4 Å². The molecular weight excluding hydrogens is 468 g/mol. The number of H-pyrrole nitrogens is 1. The number of hydrogen-bond donors (Lipinski definition) is 2. The molecule has 0 aromatic carbocycles. The van der Waals surface area contributed by atoms with Crippen LogP contribution in [-0.4, -0.2) is 60.3 Å². The maximum Gasteiger partial charge on any atom is 0.255 e. The van der Waals surface area contributed by atoms with Gasteiger partial charge in [0.15, 0.2) is 5.65 Å². The van der Waals surface area contributed by atoms with Crippen LogP contribution in [0.4, 0.5) is 0 Å². The van der Waals surface area contributed by atoms with E-state index in [4.69, 9.17) is 4.98 Å². The van der Waals surface area contributed by atoms with Crippen LogP contribution in [-0.2, 0) is 4.79 Å². The zero-order chi connectivity index (χ0) is 26.2. The van der Waals surface area contributed by atoms with Crippen molar-refractivity contribution in [2.75, 3.05) is 13.1 Å². The Morgan fingerprint density at radius 3 is 2.54 bits per heavy atom. The Kier molecular flexibility index (Phi) is 6.71. The molecule has 2 amide bonds. The molecule has 3 aromatic rings. The summed E-state index contributed by atoms with van der Waals surface area (Å²) in [6, 6.07) is 2.05. The minimum Gasteiger partial charge on any atom is -0.344 e. The number of nitriles is 1. The number of likely N-dealkylation sites (tertiary alicyclic amines) is 1. The van der Waals surface area contributed by atoms with Crippen LogP contribution in [0.5, 0.6) is 0 Å². The maximum absolute atomic E-state index is 13.5. The number of carbonyl (C=O) groups excluding carboxylic acids is 2. The van der Waals surface area contributed by atoms with Crippen molar-refractivity contribution in [3.63, 3.8) is 0 Å². The van der Waals surface area contributed by atoms with E-state index < -0.39 is 11.5 Å². The largest absolute Gasteiger partial charge is 0.344 e. The molecule has 37 heavy (non-hydrogen) atoms. The minimum absolute atomic E-state index is 0.0183. The van der Waals surface area contributed by atoms with Crippen LogP contribution in [0.15, 0.2) is 24.9 Å². The second-order valence-corrected chi connectivity index (χ2v) is 11.3. The summed E-state index contributed by atoms with van der Waals surface area (Å²) in [4.78, 5) is 45.4. The molecule has 2 fully saturated rings.